The molecule has 0 fully saturated rings. The van der Waals surface area contributed by atoms with E-state index in [0.29, 0.717) is 6.54 Å². The van der Waals surface area contributed by atoms with Gasteiger partial charge in [0.25, 0.3) is 0 Å². The third-order valence-electron chi connectivity index (χ3n) is 2.73. The summed E-state index contributed by atoms with van der Waals surface area (Å²) in [7, 11) is 0. The van der Waals surface area contributed by atoms with Crippen LogP contribution in [-0.4, -0.2) is 16.3 Å². The number of halogens is 1. The van der Waals surface area contributed by atoms with Crippen LogP contribution in [0, 0.1) is 13.8 Å². The zero-order valence-electron chi connectivity index (χ0n) is 10.1. The minimum Gasteiger partial charge on any atom is -0.330 e. The van der Waals surface area contributed by atoms with E-state index in [0.717, 1.165) is 28.0 Å². The first-order chi connectivity index (χ1) is 8.11. The molecule has 0 aliphatic heterocycles. The molecule has 0 amide bonds. The molecular weight excluding hydrogens is 278 g/mol. The van der Waals surface area contributed by atoms with Crippen molar-refractivity contribution in [1.29, 1.82) is 0 Å². The predicted octanol–water partition coefficient (Wildman–Crippen LogP) is 2.75. The highest BCUT2D eigenvalue weighted by atomic mass is 79.9. The Morgan fingerprint density at radius 1 is 1.29 bits per heavy atom. The summed E-state index contributed by atoms with van der Waals surface area (Å²) in [4.78, 5) is 0. The maximum Gasteiger partial charge on any atom is 0.0678 e. The average Bonchev–Trinajstić information content (AvgIpc) is 2.60. The van der Waals surface area contributed by atoms with Crippen LogP contribution in [0.1, 0.15) is 17.0 Å². The molecule has 3 nitrogen and oxygen atoms in total. The van der Waals surface area contributed by atoms with Crippen LogP contribution in [0.2, 0.25) is 0 Å². The average molecular weight is 294 g/mol. The van der Waals surface area contributed by atoms with Crippen molar-refractivity contribution in [2.24, 2.45) is 5.73 Å². The van der Waals surface area contributed by atoms with Gasteiger partial charge in [0.05, 0.1) is 11.4 Å². The number of aryl methyl sites for hydroxylation is 2. The van der Waals surface area contributed by atoms with Gasteiger partial charge in [0, 0.05) is 16.6 Å². The van der Waals surface area contributed by atoms with Crippen LogP contribution in [0.25, 0.3) is 5.69 Å². The van der Waals surface area contributed by atoms with Gasteiger partial charge in [-0.15, -0.1) is 0 Å². The largest absolute Gasteiger partial charge is 0.330 e. The predicted molar refractivity (Wildman–Crippen MR) is 73.5 cm³/mol. The second kappa shape index (κ2) is 5.02. The molecule has 90 valence electrons. The van der Waals surface area contributed by atoms with Crippen molar-refractivity contribution < 1.29 is 0 Å². The monoisotopic (exact) mass is 293 g/mol. The Kier molecular flexibility index (Phi) is 3.64. The first kappa shape index (κ1) is 12.3. The van der Waals surface area contributed by atoms with Gasteiger partial charge in [0.1, 0.15) is 0 Å². The molecule has 2 rings (SSSR count). The van der Waals surface area contributed by atoms with Crippen LogP contribution in [-0.2, 0) is 6.42 Å². The number of hydrogen-bond acceptors (Lipinski definition) is 2. The Morgan fingerprint density at radius 3 is 2.71 bits per heavy atom. The van der Waals surface area contributed by atoms with E-state index in [-0.39, 0.29) is 0 Å². The summed E-state index contributed by atoms with van der Waals surface area (Å²) in [6.45, 7) is 4.79. The van der Waals surface area contributed by atoms with Gasteiger partial charge < -0.3 is 5.73 Å². The lowest BCUT2D eigenvalue weighted by Gasteiger charge is -2.08. The highest BCUT2D eigenvalue weighted by Gasteiger charge is 2.08. The molecule has 0 radical (unpaired) electrons. The number of nitrogens with two attached hydrogens (primary N) is 1. The van der Waals surface area contributed by atoms with E-state index in [9.17, 15) is 0 Å². The number of benzene rings is 1. The van der Waals surface area contributed by atoms with E-state index in [1.165, 1.54) is 5.56 Å². The zero-order chi connectivity index (χ0) is 12.4. The molecule has 0 bridgehead atoms. The lowest BCUT2D eigenvalue weighted by atomic mass is 10.2. The van der Waals surface area contributed by atoms with Crippen molar-refractivity contribution in [2.75, 3.05) is 6.54 Å². The summed E-state index contributed by atoms with van der Waals surface area (Å²) in [5, 5.41) is 4.58. The van der Waals surface area contributed by atoms with Crippen LogP contribution in [0.5, 0.6) is 0 Å². The Labute approximate surface area is 110 Å². The van der Waals surface area contributed by atoms with Crippen LogP contribution < -0.4 is 5.73 Å². The fourth-order valence-corrected chi connectivity index (χ4v) is 2.38. The number of hydrogen-bond donors (Lipinski definition) is 1. The molecule has 1 aromatic heterocycles. The molecule has 4 heteroatoms. The van der Waals surface area contributed by atoms with Gasteiger partial charge >= 0.3 is 0 Å². The Balaban J connectivity index is 2.45. The maximum atomic E-state index is 5.55. The normalized spacial score (nSPS) is 10.8. The van der Waals surface area contributed by atoms with E-state index < -0.39 is 0 Å². The molecule has 1 heterocycles. The molecule has 0 unspecified atom stereocenters. The molecule has 0 aliphatic carbocycles. The van der Waals surface area contributed by atoms with Crippen LogP contribution in [0.4, 0.5) is 0 Å². The Morgan fingerprint density at radius 2 is 2.06 bits per heavy atom. The van der Waals surface area contributed by atoms with Crippen molar-refractivity contribution in [3.8, 4) is 5.69 Å². The van der Waals surface area contributed by atoms with E-state index in [4.69, 9.17) is 5.73 Å². The van der Waals surface area contributed by atoms with Crippen molar-refractivity contribution in [3.05, 3.63) is 45.7 Å². The van der Waals surface area contributed by atoms with E-state index in [2.05, 4.69) is 53.1 Å². The maximum absolute atomic E-state index is 5.55. The summed E-state index contributed by atoms with van der Waals surface area (Å²) in [6, 6.07) is 8.30. The summed E-state index contributed by atoms with van der Waals surface area (Å²) in [5.74, 6) is 0. The van der Waals surface area contributed by atoms with E-state index in [1.807, 2.05) is 10.7 Å². The van der Waals surface area contributed by atoms with Crippen molar-refractivity contribution >= 4 is 15.9 Å². The standard InChI is InChI=1S/C13H16BrN3/c1-9-7-11(14)3-4-13(9)17-10(2)8-12(16-17)5-6-15/h3-4,7-8H,5-6,15H2,1-2H3. The highest BCUT2D eigenvalue weighted by molar-refractivity contribution is 9.10. The molecule has 2 N–H and O–H groups in total. The van der Waals surface area contributed by atoms with Crippen molar-refractivity contribution in [3.63, 3.8) is 0 Å². The number of aromatic nitrogens is 2. The van der Waals surface area contributed by atoms with Crippen LogP contribution >= 0.6 is 15.9 Å². The molecule has 0 atom stereocenters. The summed E-state index contributed by atoms with van der Waals surface area (Å²) < 4.78 is 3.07. The fourth-order valence-electron chi connectivity index (χ4n) is 1.91. The minimum atomic E-state index is 0.635. The van der Waals surface area contributed by atoms with Gasteiger partial charge in [-0.05, 0) is 50.2 Å². The first-order valence-electron chi connectivity index (χ1n) is 5.64. The van der Waals surface area contributed by atoms with Gasteiger partial charge in [-0.1, -0.05) is 15.9 Å². The van der Waals surface area contributed by atoms with Gasteiger partial charge in [0.15, 0.2) is 0 Å². The first-order valence-corrected chi connectivity index (χ1v) is 6.43. The highest BCUT2D eigenvalue weighted by Crippen LogP contribution is 2.20. The fraction of sp³-hybridized carbons (Fsp3) is 0.308. The topological polar surface area (TPSA) is 43.8 Å². The van der Waals surface area contributed by atoms with Gasteiger partial charge in [-0.2, -0.15) is 5.10 Å². The third kappa shape index (κ3) is 2.58. The minimum absolute atomic E-state index is 0.635. The second-order valence-electron chi connectivity index (χ2n) is 4.16. The third-order valence-corrected chi connectivity index (χ3v) is 3.22. The molecule has 17 heavy (non-hydrogen) atoms. The quantitative estimate of drug-likeness (QED) is 0.946. The molecule has 0 spiro atoms. The second-order valence-corrected chi connectivity index (χ2v) is 5.07. The number of nitrogens with zero attached hydrogens (tertiary/aromatic N) is 2. The molecule has 2 aromatic rings. The smallest absolute Gasteiger partial charge is 0.0678 e. The molecular formula is C13H16BrN3. The summed E-state index contributed by atoms with van der Waals surface area (Å²) in [6.07, 6.45) is 0.823. The van der Waals surface area contributed by atoms with E-state index in [1.54, 1.807) is 0 Å². The molecule has 0 saturated carbocycles. The lowest BCUT2D eigenvalue weighted by molar-refractivity contribution is 0.800. The van der Waals surface area contributed by atoms with Gasteiger partial charge in [0.2, 0.25) is 0 Å². The number of rotatable bonds is 3. The van der Waals surface area contributed by atoms with Crippen molar-refractivity contribution in [2.45, 2.75) is 20.3 Å². The summed E-state index contributed by atoms with van der Waals surface area (Å²) in [5.41, 5.74) is 10.1. The molecule has 1 aromatic carbocycles. The molecule has 0 saturated heterocycles. The Hall–Kier alpha value is -1.13. The van der Waals surface area contributed by atoms with Gasteiger partial charge in [-0.25, -0.2) is 4.68 Å². The summed E-state index contributed by atoms with van der Waals surface area (Å²) >= 11 is 3.47. The zero-order valence-corrected chi connectivity index (χ0v) is 11.7. The molecule has 0 aliphatic rings. The Bertz CT molecular complexity index is 531. The van der Waals surface area contributed by atoms with Gasteiger partial charge in [-0.3, -0.25) is 0 Å². The van der Waals surface area contributed by atoms with Crippen LogP contribution in [0.15, 0.2) is 28.7 Å². The SMILES string of the molecule is Cc1cc(Br)ccc1-n1nc(CCN)cc1C. The van der Waals surface area contributed by atoms with Crippen molar-refractivity contribution in [1.82, 2.24) is 9.78 Å². The van der Waals surface area contributed by atoms with Crippen LogP contribution in [0.3, 0.4) is 0 Å². The van der Waals surface area contributed by atoms with E-state index >= 15 is 0 Å². The lowest BCUT2D eigenvalue weighted by Crippen LogP contribution is -2.05.